The molecule has 0 spiro atoms. The van der Waals surface area contributed by atoms with Gasteiger partial charge < -0.3 is 5.32 Å². The lowest BCUT2D eigenvalue weighted by Crippen LogP contribution is -2.28. The Morgan fingerprint density at radius 2 is 1.74 bits per heavy atom. The maximum atomic E-state index is 13.7. The normalized spacial score (nSPS) is 16.3. The van der Waals surface area contributed by atoms with E-state index in [0.29, 0.717) is 17.8 Å². The van der Waals surface area contributed by atoms with E-state index in [4.69, 9.17) is 0 Å². The van der Waals surface area contributed by atoms with E-state index in [1.807, 2.05) is 0 Å². The summed E-state index contributed by atoms with van der Waals surface area (Å²) in [5.74, 6) is 0.276. The van der Waals surface area contributed by atoms with Gasteiger partial charge in [-0.25, -0.2) is 23.9 Å². The third-order valence-electron chi connectivity index (χ3n) is 5.77. The Kier molecular flexibility index (Phi) is 5.93. The van der Waals surface area contributed by atoms with Crippen molar-refractivity contribution in [2.75, 3.05) is 5.32 Å². The van der Waals surface area contributed by atoms with Crippen molar-refractivity contribution in [1.82, 2.24) is 19.5 Å². The molecule has 1 atom stereocenters. The molecule has 1 saturated carbocycles. The first-order chi connectivity index (χ1) is 14.8. The molecular weight excluding hydrogens is 410 g/mol. The topological polar surface area (TPSA) is 55.6 Å². The second-order valence-corrected chi connectivity index (χ2v) is 7.88. The molecule has 1 N–H and O–H groups in total. The molecule has 0 radical (unpaired) electrons. The molecule has 31 heavy (non-hydrogen) atoms. The lowest BCUT2D eigenvalue weighted by atomic mass is 9.85. The monoisotopic (exact) mass is 433 g/mol. The summed E-state index contributed by atoms with van der Waals surface area (Å²) < 4.78 is 54.5. The smallest absolute Gasteiger partial charge is 0.351 e. The van der Waals surface area contributed by atoms with E-state index in [9.17, 15) is 17.6 Å². The second-order valence-electron chi connectivity index (χ2n) is 7.88. The van der Waals surface area contributed by atoms with Crippen molar-refractivity contribution in [2.24, 2.45) is 5.92 Å². The fraction of sp³-hybridized carbons (Fsp3) is 0.409. The molecule has 3 aromatic rings. The first-order valence-corrected chi connectivity index (χ1v) is 10.3. The molecule has 2 aromatic heterocycles. The number of halogens is 4. The molecule has 164 valence electrons. The van der Waals surface area contributed by atoms with Gasteiger partial charge >= 0.3 is 6.30 Å². The number of hydrogen-bond acceptors (Lipinski definition) is 4. The Balaban J connectivity index is 1.70. The Morgan fingerprint density at radius 3 is 2.42 bits per heavy atom. The van der Waals surface area contributed by atoms with Crippen LogP contribution in [0.15, 0.2) is 42.9 Å². The van der Waals surface area contributed by atoms with Gasteiger partial charge in [0.1, 0.15) is 17.8 Å². The summed E-state index contributed by atoms with van der Waals surface area (Å²) in [7, 11) is 0. The molecule has 5 nitrogen and oxygen atoms in total. The predicted octanol–water partition coefficient (Wildman–Crippen LogP) is 6.00. The molecule has 0 amide bonds. The third kappa shape index (κ3) is 4.70. The van der Waals surface area contributed by atoms with E-state index in [2.05, 4.69) is 27.2 Å². The number of rotatable bonds is 5. The lowest BCUT2D eigenvalue weighted by molar-refractivity contribution is -0.202. The Labute approximate surface area is 177 Å². The van der Waals surface area contributed by atoms with Crippen molar-refractivity contribution in [2.45, 2.75) is 51.4 Å². The Bertz CT molecular complexity index is 1020. The van der Waals surface area contributed by atoms with Crippen LogP contribution in [0.25, 0.3) is 22.6 Å². The second kappa shape index (κ2) is 8.64. The third-order valence-corrected chi connectivity index (χ3v) is 5.77. The van der Waals surface area contributed by atoms with Crippen molar-refractivity contribution in [1.29, 1.82) is 0 Å². The first kappa shape index (κ1) is 21.3. The van der Waals surface area contributed by atoms with E-state index in [-0.39, 0.29) is 33.6 Å². The number of benzene rings is 1. The van der Waals surface area contributed by atoms with Crippen molar-refractivity contribution in [3.05, 3.63) is 48.7 Å². The molecular formula is C22H23F4N5. The number of imidazole rings is 1. The number of hydrogen-bond donors (Lipinski definition) is 1. The summed E-state index contributed by atoms with van der Waals surface area (Å²) >= 11 is 0. The highest BCUT2D eigenvalue weighted by Gasteiger charge is 2.35. The fourth-order valence-corrected chi connectivity index (χ4v) is 4.12. The largest absolute Gasteiger partial charge is 0.490 e. The standard InChI is InChI=1S/C22H23F4N5/c1-14(15-5-3-2-4-6-15)29-21-27-12-11-18(30-21)20-19(16-7-9-17(23)10-8-16)28-13-31(20)22(24,25)26/h7-15H,2-6H2,1H3,(H,27,29,30)/t14-/m1/s1. The van der Waals surface area contributed by atoms with E-state index in [1.54, 1.807) is 0 Å². The molecule has 0 saturated heterocycles. The summed E-state index contributed by atoms with van der Waals surface area (Å²) in [6, 6.07) is 6.69. The highest BCUT2D eigenvalue weighted by molar-refractivity contribution is 5.77. The molecule has 9 heteroatoms. The average Bonchev–Trinajstić information content (AvgIpc) is 3.21. The maximum Gasteiger partial charge on any atom is 0.490 e. The van der Waals surface area contributed by atoms with E-state index in [1.165, 1.54) is 55.8 Å². The van der Waals surface area contributed by atoms with Crippen molar-refractivity contribution >= 4 is 5.95 Å². The van der Waals surface area contributed by atoms with Crippen LogP contribution in [-0.4, -0.2) is 25.6 Å². The Hall–Kier alpha value is -2.97. The molecule has 2 heterocycles. The van der Waals surface area contributed by atoms with Gasteiger partial charge in [-0.05, 0) is 56.0 Å². The minimum atomic E-state index is -4.69. The first-order valence-electron chi connectivity index (χ1n) is 10.3. The summed E-state index contributed by atoms with van der Waals surface area (Å²) in [6.45, 7) is 2.05. The molecule has 0 aliphatic heterocycles. The van der Waals surface area contributed by atoms with Crippen LogP contribution in [0.1, 0.15) is 39.0 Å². The number of anilines is 1. The van der Waals surface area contributed by atoms with Gasteiger partial charge in [0.25, 0.3) is 0 Å². The van der Waals surface area contributed by atoms with Gasteiger partial charge in [0, 0.05) is 17.8 Å². The van der Waals surface area contributed by atoms with Crippen LogP contribution in [0.5, 0.6) is 0 Å². The SMILES string of the molecule is C[C@@H](Nc1nccc(-c2c(-c3ccc(F)cc3)ncn2C(F)(F)F)n1)C1CCCCC1. The van der Waals surface area contributed by atoms with E-state index >= 15 is 0 Å². The van der Waals surface area contributed by atoms with Gasteiger partial charge in [0.05, 0.1) is 11.4 Å². The van der Waals surface area contributed by atoms with Crippen LogP contribution >= 0.6 is 0 Å². The number of aromatic nitrogens is 4. The van der Waals surface area contributed by atoms with Crippen LogP contribution < -0.4 is 5.32 Å². The zero-order valence-corrected chi connectivity index (χ0v) is 17.0. The minimum Gasteiger partial charge on any atom is -0.351 e. The van der Waals surface area contributed by atoms with Crippen molar-refractivity contribution in [3.63, 3.8) is 0 Å². The zero-order chi connectivity index (χ0) is 22.0. The molecule has 4 rings (SSSR count). The van der Waals surface area contributed by atoms with Gasteiger partial charge in [-0.3, -0.25) is 0 Å². The molecule has 1 aromatic carbocycles. The summed E-state index contributed by atoms with van der Waals surface area (Å²) in [4.78, 5) is 12.5. The van der Waals surface area contributed by atoms with Gasteiger partial charge in [0.15, 0.2) is 0 Å². The highest BCUT2D eigenvalue weighted by atomic mass is 19.4. The van der Waals surface area contributed by atoms with Crippen LogP contribution in [-0.2, 0) is 6.30 Å². The number of alkyl halides is 3. The van der Waals surface area contributed by atoms with Crippen LogP contribution in [0.2, 0.25) is 0 Å². The average molecular weight is 433 g/mol. The molecule has 0 bridgehead atoms. The summed E-state index contributed by atoms with van der Waals surface area (Å²) in [5, 5.41) is 3.26. The quantitative estimate of drug-likeness (QED) is 0.501. The molecule has 1 aliphatic rings. The van der Waals surface area contributed by atoms with Crippen molar-refractivity contribution in [3.8, 4) is 22.6 Å². The number of nitrogens with zero attached hydrogens (tertiary/aromatic N) is 4. The summed E-state index contributed by atoms with van der Waals surface area (Å²) in [6.07, 6.45) is 3.30. The van der Waals surface area contributed by atoms with E-state index < -0.39 is 12.1 Å². The van der Waals surface area contributed by atoms with Crippen LogP contribution in [0, 0.1) is 11.7 Å². The van der Waals surface area contributed by atoms with Gasteiger partial charge in [0.2, 0.25) is 5.95 Å². The minimum absolute atomic E-state index is 0.0716. The zero-order valence-electron chi connectivity index (χ0n) is 17.0. The fourth-order valence-electron chi connectivity index (χ4n) is 4.12. The van der Waals surface area contributed by atoms with Crippen LogP contribution in [0.4, 0.5) is 23.5 Å². The van der Waals surface area contributed by atoms with Gasteiger partial charge in [-0.2, -0.15) is 0 Å². The molecule has 0 unspecified atom stereocenters. The van der Waals surface area contributed by atoms with E-state index in [0.717, 1.165) is 12.8 Å². The highest BCUT2D eigenvalue weighted by Crippen LogP contribution is 2.36. The van der Waals surface area contributed by atoms with Crippen molar-refractivity contribution < 1.29 is 17.6 Å². The predicted molar refractivity (Wildman–Crippen MR) is 110 cm³/mol. The number of nitrogens with one attached hydrogen (secondary N) is 1. The van der Waals surface area contributed by atoms with Gasteiger partial charge in [-0.15, -0.1) is 13.2 Å². The maximum absolute atomic E-state index is 13.7. The molecule has 1 fully saturated rings. The van der Waals surface area contributed by atoms with Gasteiger partial charge in [-0.1, -0.05) is 19.3 Å². The lowest BCUT2D eigenvalue weighted by Gasteiger charge is -2.28. The van der Waals surface area contributed by atoms with Crippen LogP contribution in [0.3, 0.4) is 0 Å². The Morgan fingerprint density at radius 1 is 1.03 bits per heavy atom. The molecule has 1 aliphatic carbocycles. The summed E-state index contributed by atoms with van der Waals surface area (Å²) in [5.41, 5.74) is 0.308.